The number of carbonyl (C=O) groups excluding carboxylic acids is 1. The highest BCUT2D eigenvalue weighted by molar-refractivity contribution is 5.83. The van der Waals surface area contributed by atoms with Gasteiger partial charge in [-0.15, -0.1) is 0 Å². The quantitative estimate of drug-likeness (QED) is 0.733. The first-order chi connectivity index (χ1) is 11.6. The van der Waals surface area contributed by atoms with Gasteiger partial charge in [-0.1, -0.05) is 36.4 Å². The van der Waals surface area contributed by atoms with Gasteiger partial charge in [-0.2, -0.15) is 0 Å². The summed E-state index contributed by atoms with van der Waals surface area (Å²) in [6.45, 7) is 1.97. The number of likely N-dealkylation sites (N-methyl/N-ethyl adjacent to an activating group) is 1. The third-order valence-electron chi connectivity index (χ3n) is 4.71. The molecule has 0 saturated carbocycles. The van der Waals surface area contributed by atoms with Crippen LogP contribution in [0.3, 0.4) is 0 Å². The first-order valence-corrected chi connectivity index (χ1v) is 8.13. The van der Waals surface area contributed by atoms with Crippen molar-refractivity contribution < 1.29 is 13.9 Å². The molecule has 0 spiro atoms. The number of carbonyl (C=O) groups is 1. The van der Waals surface area contributed by atoms with Gasteiger partial charge in [-0.05, 0) is 30.7 Å². The molecule has 4 heteroatoms. The monoisotopic (exact) mass is 321 g/mol. The van der Waals surface area contributed by atoms with Crippen molar-refractivity contribution in [1.82, 2.24) is 4.90 Å². The maximum atomic E-state index is 12.8. The SMILES string of the molecule is C[C@@H](c1cc2ccccc2o1)N(C)C(=O)[C@@H]1Cc2ccccc2O1. The zero-order valence-corrected chi connectivity index (χ0v) is 13.7. The van der Waals surface area contributed by atoms with Gasteiger partial charge in [0.05, 0.1) is 6.04 Å². The van der Waals surface area contributed by atoms with Gasteiger partial charge in [-0.25, -0.2) is 0 Å². The molecule has 1 amide bonds. The number of fused-ring (bicyclic) bond motifs is 2. The maximum Gasteiger partial charge on any atom is 0.264 e. The Balaban J connectivity index is 1.52. The van der Waals surface area contributed by atoms with Crippen molar-refractivity contribution in [2.75, 3.05) is 7.05 Å². The maximum absolute atomic E-state index is 12.8. The fourth-order valence-corrected chi connectivity index (χ4v) is 3.14. The van der Waals surface area contributed by atoms with Crippen LogP contribution in [0.5, 0.6) is 5.75 Å². The zero-order valence-electron chi connectivity index (χ0n) is 13.7. The summed E-state index contributed by atoms with van der Waals surface area (Å²) in [5.74, 6) is 1.56. The fraction of sp³-hybridized carbons (Fsp3) is 0.250. The third-order valence-corrected chi connectivity index (χ3v) is 4.71. The van der Waals surface area contributed by atoms with Crippen LogP contribution in [0.15, 0.2) is 59.0 Å². The van der Waals surface area contributed by atoms with E-state index < -0.39 is 6.10 Å². The molecule has 0 bridgehead atoms. The number of para-hydroxylation sites is 2. The van der Waals surface area contributed by atoms with E-state index in [1.807, 2.05) is 61.5 Å². The van der Waals surface area contributed by atoms with Crippen LogP contribution < -0.4 is 4.74 Å². The first-order valence-electron chi connectivity index (χ1n) is 8.13. The number of rotatable bonds is 3. The predicted molar refractivity (Wildman–Crippen MR) is 92.0 cm³/mol. The highest BCUT2D eigenvalue weighted by atomic mass is 16.5. The molecule has 0 saturated heterocycles. The molecule has 0 aliphatic carbocycles. The van der Waals surface area contributed by atoms with E-state index in [-0.39, 0.29) is 11.9 Å². The molecule has 0 N–H and O–H groups in total. The summed E-state index contributed by atoms with van der Waals surface area (Å²) in [5, 5.41) is 1.05. The van der Waals surface area contributed by atoms with E-state index in [2.05, 4.69) is 0 Å². The van der Waals surface area contributed by atoms with Crippen LogP contribution in [0.1, 0.15) is 24.3 Å². The Labute approximate surface area is 140 Å². The van der Waals surface area contributed by atoms with E-state index in [0.717, 1.165) is 28.0 Å². The molecular formula is C20H19NO3. The van der Waals surface area contributed by atoms with Crippen molar-refractivity contribution in [3.05, 3.63) is 65.9 Å². The van der Waals surface area contributed by atoms with Crippen LogP contribution in [0.2, 0.25) is 0 Å². The van der Waals surface area contributed by atoms with E-state index in [9.17, 15) is 4.79 Å². The van der Waals surface area contributed by atoms with Gasteiger partial charge in [0, 0.05) is 18.9 Å². The molecule has 2 heterocycles. The average Bonchev–Trinajstić information content (AvgIpc) is 3.23. The standard InChI is InChI=1S/C20H19NO3/c1-13(18-11-14-7-3-5-9-16(14)23-18)21(2)20(22)19-12-15-8-4-6-10-17(15)24-19/h3-11,13,19H,12H2,1-2H3/t13-,19-/m0/s1. The van der Waals surface area contributed by atoms with Crippen LogP contribution in [0, 0.1) is 0 Å². The van der Waals surface area contributed by atoms with Gasteiger partial charge in [0.25, 0.3) is 5.91 Å². The lowest BCUT2D eigenvalue weighted by atomic mass is 10.1. The lowest BCUT2D eigenvalue weighted by molar-refractivity contribution is -0.138. The smallest absolute Gasteiger partial charge is 0.264 e. The van der Waals surface area contributed by atoms with Crippen molar-refractivity contribution in [2.24, 2.45) is 0 Å². The lowest BCUT2D eigenvalue weighted by Crippen LogP contribution is -2.40. The summed E-state index contributed by atoms with van der Waals surface area (Å²) in [7, 11) is 1.80. The summed E-state index contributed by atoms with van der Waals surface area (Å²) in [5.41, 5.74) is 1.92. The van der Waals surface area contributed by atoms with Crippen LogP contribution >= 0.6 is 0 Å². The van der Waals surface area contributed by atoms with Crippen LogP contribution in [0.25, 0.3) is 11.0 Å². The lowest BCUT2D eigenvalue weighted by Gasteiger charge is -2.25. The van der Waals surface area contributed by atoms with Crippen molar-refractivity contribution >= 4 is 16.9 Å². The van der Waals surface area contributed by atoms with Crippen LogP contribution in [0.4, 0.5) is 0 Å². The van der Waals surface area contributed by atoms with Crippen LogP contribution in [-0.2, 0) is 11.2 Å². The number of amides is 1. The molecule has 1 aliphatic rings. The molecule has 122 valence electrons. The minimum absolute atomic E-state index is 0.0286. The van der Waals surface area contributed by atoms with Gasteiger partial charge in [0.2, 0.25) is 0 Å². The van der Waals surface area contributed by atoms with Crippen molar-refractivity contribution in [1.29, 1.82) is 0 Å². The van der Waals surface area contributed by atoms with Crippen molar-refractivity contribution in [2.45, 2.75) is 25.5 Å². The Hall–Kier alpha value is -2.75. The van der Waals surface area contributed by atoms with E-state index >= 15 is 0 Å². The second-order valence-corrected chi connectivity index (χ2v) is 6.23. The Bertz CT molecular complexity index is 841. The summed E-state index contributed by atoms with van der Waals surface area (Å²) in [6, 6.07) is 17.5. The second kappa shape index (κ2) is 5.71. The average molecular weight is 321 g/mol. The Morgan fingerprint density at radius 1 is 1.17 bits per heavy atom. The van der Waals surface area contributed by atoms with Gasteiger partial charge in [0.1, 0.15) is 17.1 Å². The number of hydrogen-bond acceptors (Lipinski definition) is 3. The van der Waals surface area contributed by atoms with E-state index in [1.54, 1.807) is 11.9 Å². The van der Waals surface area contributed by atoms with Crippen molar-refractivity contribution in [3.8, 4) is 5.75 Å². The first kappa shape index (κ1) is 14.8. The summed E-state index contributed by atoms with van der Waals surface area (Å²) < 4.78 is 11.7. The molecule has 0 fully saturated rings. The molecule has 1 aliphatic heterocycles. The minimum atomic E-state index is -0.459. The Morgan fingerprint density at radius 3 is 2.71 bits per heavy atom. The molecule has 2 atom stereocenters. The third kappa shape index (κ3) is 2.44. The highest BCUT2D eigenvalue weighted by Gasteiger charge is 2.33. The summed E-state index contributed by atoms with van der Waals surface area (Å²) in [4.78, 5) is 14.5. The molecule has 2 aromatic carbocycles. The molecule has 3 aromatic rings. The van der Waals surface area contributed by atoms with E-state index in [4.69, 9.17) is 9.15 Å². The summed E-state index contributed by atoms with van der Waals surface area (Å²) >= 11 is 0. The topological polar surface area (TPSA) is 42.7 Å². The fourth-order valence-electron chi connectivity index (χ4n) is 3.14. The molecule has 24 heavy (non-hydrogen) atoms. The second-order valence-electron chi connectivity index (χ2n) is 6.23. The van der Waals surface area contributed by atoms with Gasteiger partial charge in [-0.3, -0.25) is 4.79 Å². The molecule has 0 unspecified atom stereocenters. The Kier molecular flexibility index (Phi) is 3.53. The molecule has 1 aromatic heterocycles. The molecular weight excluding hydrogens is 302 g/mol. The minimum Gasteiger partial charge on any atom is -0.480 e. The molecule has 4 nitrogen and oxygen atoms in total. The van der Waals surface area contributed by atoms with Crippen LogP contribution in [-0.4, -0.2) is 24.0 Å². The number of benzene rings is 2. The largest absolute Gasteiger partial charge is 0.480 e. The number of ether oxygens (including phenoxy) is 1. The van der Waals surface area contributed by atoms with E-state index in [1.165, 1.54) is 0 Å². The molecule has 4 rings (SSSR count). The summed E-state index contributed by atoms with van der Waals surface area (Å²) in [6.07, 6.45) is 0.158. The van der Waals surface area contributed by atoms with Gasteiger partial charge in [0.15, 0.2) is 6.10 Å². The van der Waals surface area contributed by atoms with Crippen molar-refractivity contribution in [3.63, 3.8) is 0 Å². The zero-order chi connectivity index (χ0) is 16.7. The normalized spacial score (nSPS) is 17.3. The number of furan rings is 1. The Morgan fingerprint density at radius 2 is 1.92 bits per heavy atom. The van der Waals surface area contributed by atoms with E-state index in [0.29, 0.717) is 6.42 Å². The van der Waals surface area contributed by atoms with Gasteiger partial charge < -0.3 is 14.1 Å². The van der Waals surface area contributed by atoms with Gasteiger partial charge >= 0.3 is 0 Å². The number of nitrogens with zero attached hydrogens (tertiary/aromatic N) is 1. The number of hydrogen-bond donors (Lipinski definition) is 0. The highest BCUT2D eigenvalue weighted by Crippen LogP contribution is 2.31. The predicted octanol–water partition coefficient (Wildman–Crippen LogP) is 3.96. The molecule has 0 radical (unpaired) electrons.